The molecule has 41 heavy (non-hydrogen) atoms. The van der Waals surface area contributed by atoms with Crippen molar-refractivity contribution in [3.8, 4) is 17.2 Å². The summed E-state index contributed by atoms with van der Waals surface area (Å²) in [6.45, 7) is 3.96. The number of anilines is 1. The van der Waals surface area contributed by atoms with Crippen LogP contribution in [0, 0.1) is 6.92 Å². The highest BCUT2D eigenvalue weighted by molar-refractivity contribution is 7.11. The highest BCUT2D eigenvalue weighted by Crippen LogP contribution is 2.28. The summed E-state index contributed by atoms with van der Waals surface area (Å²) in [4.78, 5) is 32.9. The Morgan fingerprint density at radius 3 is 2.39 bits per heavy atom. The van der Waals surface area contributed by atoms with E-state index in [9.17, 15) is 9.59 Å². The molecule has 2 aromatic carbocycles. The molecular weight excluding hydrogens is 542 g/mol. The predicted octanol–water partition coefficient (Wildman–Crippen LogP) is 5.37. The van der Waals surface area contributed by atoms with Crippen LogP contribution in [0.3, 0.4) is 0 Å². The lowest BCUT2D eigenvalue weighted by Gasteiger charge is -2.29. The molecule has 3 aromatic rings. The third-order valence-corrected chi connectivity index (χ3v) is 8.00. The number of ether oxygens (including phenoxy) is 4. The van der Waals surface area contributed by atoms with E-state index >= 15 is 0 Å². The van der Waals surface area contributed by atoms with Gasteiger partial charge in [-0.2, -0.15) is 0 Å². The maximum atomic E-state index is 13.8. The van der Waals surface area contributed by atoms with Gasteiger partial charge in [-0.15, -0.1) is 11.3 Å². The molecule has 2 heterocycles. The molecule has 1 N–H and O–H groups in total. The minimum atomic E-state index is -0.342. The second-order valence-corrected chi connectivity index (χ2v) is 11.3. The average Bonchev–Trinajstić information content (AvgIpc) is 3.66. The van der Waals surface area contributed by atoms with Gasteiger partial charge < -0.3 is 34.1 Å². The Balaban J connectivity index is 1.50. The highest BCUT2D eigenvalue weighted by atomic mass is 32.1. The fourth-order valence-corrected chi connectivity index (χ4v) is 5.65. The van der Waals surface area contributed by atoms with Crippen LogP contribution in [-0.4, -0.2) is 75.4 Å². The summed E-state index contributed by atoms with van der Waals surface area (Å²) in [5, 5.41) is 2.93. The van der Waals surface area contributed by atoms with Gasteiger partial charge in [0, 0.05) is 35.1 Å². The first-order valence-corrected chi connectivity index (χ1v) is 14.6. The van der Waals surface area contributed by atoms with Crippen LogP contribution >= 0.6 is 11.3 Å². The van der Waals surface area contributed by atoms with Gasteiger partial charge in [0.15, 0.2) is 11.5 Å². The van der Waals surface area contributed by atoms with Gasteiger partial charge in [-0.3, -0.25) is 4.79 Å². The van der Waals surface area contributed by atoms with Crippen molar-refractivity contribution >= 4 is 29.0 Å². The summed E-state index contributed by atoms with van der Waals surface area (Å²) < 4.78 is 21.9. The maximum Gasteiger partial charge on any atom is 0.322 e. The van der Waals surface area contributed by atoms with Crippen LogP contribution in [0.25, 0.3) is 0 Å². The van der Waals surface area contributed by atoms with Gasteiger partial charge in [-0.05, 0) is 80.3 Å². The second-order valence-electron chi connectivity index (χ2n) is 9.94. The van der Waals surface area contributed by atoms with Crippen LogP contribution in [-0.2, 0) is 22.5 Å². The molecule has 1 aromatic heterocycles. The SMILES string of the molecule is COc1ccc(NC(=O)N(CC(=O)N(CCc2ccc(OC)c(OC)c2)Cc2ccc(C)s2)CC2CCCO2)cc1. The third kappa shape index (κ3) is 8.61. The van der Waals surface area contributed by atoms with E-state index < -0.39 is 0 Å². The zero-order chi connectivity index (χ0) is 29.2. The zero-order valence-corrected chi connectivity index (χ0v) is 25.0. The molecule has 1 atom stereocenters. The van der Waals surface area contributed by atoms with E-state index in [1.807, 2.05) is 23.1 Å². The summed E-state index contributed by atoms with van der Waals surface area (Å²) >= 11 is 1.67. The summed E-state index contributed by atoms with van der Waals surface area (Å²) in [7, 11) is 4.81. The number of hydrogen-bond acceptors (Lipinski definition) is 7. The molecule has 0 radical (unpaired) electrons. The number of carbonyl (C=O) groups excluding carboxylic acids is 2. The standard InChI is InChI=1S/C31H39N3O6S/c1-22-7-13-27(41-22)20-33(16-15-23-8-14-28(38-3)29(18-23)39-4)30(35)21-34(19-26-6-5-17-40-26)31(36)32-24-9-11-25(37-2)12-10-24/h7-14,18,26H,5-6,15-17,19-21H2,1-4H3,(H,32,36). The Morgan fingerprint density at radius 2 is 1.76 bits per heavy atom. The number of methoxy groups -OCH3 is 3. The Hall–Kier alpha value is -3.76. The molecule has 0 spiro atoms. The second kappa shape index (κ2) is 14.7. The molecule has 220 valence electrons. The Labute approximate surface area is 246 Å². The average molecular weight is 582 g/mol. The Morgan fingerprint density at radius 1 is 0.976 bits per heavy atom. The zero-order valence-electron chi connectivity index (χ0n) is 24.2. The highest BCUT2D eigenvalue weighted by Gasteiger charge is 2.27. The lowest BCUT2D eigenvalue weighted by atomic mass is 10.1. The summed E-state index contributed by atoms with van der Waals surface area (Å²) in [6, 6.07) is 16.7. The molecule has 9 nitrogen and oxygen atoms in total. The van der Waals surface area contributed by atoms with E-state index in [2.05, 4.69) is 24.4 Å². The number of benzene rings is 2. The number of carbonyl (C=O) groups is 2. The Kier molecular flexibility index (Phi) is 10.9. The van der Waals surface area contributed by atoms with Crippen LogP contribution in [0.2, 0.25) is 0 Å². The number of aryl methyl sites for hydroxylation is 1. The van der Waals surface area contributed by atoms with Gasteiger partial charge in [-0.1, -0.05) is 6.07 Å². The van der Waals surface area contributed by atoms with Crippen LogP contribution in [0.4, 0.5) is 10.5 Å². The first kappa shape index (κ1) is 30.2. The van der Waals surface area contributed by atoms with Crippen molar-refractivity contribution in [1.29, 1.82) is 0 Å². The minimum absolute atomic E-state index is 0.0574. The fraction of sp³-hybridized carbons (Fsp3) is 0.419. The van der Waals surface area contributed by atoms with Gasteiger partial charge in [-0.25, -0.2) is 4.79 Å². The van der Waals surface area contributed by atoms with E-state index in [1.165, 1.54) is 4.88 Å². The summed E-state index contributed by atoms with van der Waals surface area (Å²) in [6.07, 6.45) is 2.34. The number of nitrogens with one attached hydrogen (secondary N) is 1. The normalized spacial score (nSPS) is 14.4. The monoisotopic (exact) mass is 581 g/mol. The van der Waals surface area contributed by atoms with Gasteiger partial charge in [0.05, 0.1) is 34.0 Å². The molecular formula is C31H39N3O6S. The van der Waals surface area contributed by atoms with Gasteiger partial charge in [0.25, 0.3) is 0 Å². The van der Waals surface area contributed by atoms with Crippen LogP contribution < -0.4 is 19.5 Å². The minimum Gasteiger partial charge on any atom is -0.497 e. The molecule has 1 unspecified atom stereocenters. The smallest absolute Gasteiger partial charge is 0.322 e. The topological polar surface area (TPSA) is 89.6 Å². The number of rotatable bonds is 13. The largest absolute Gasteiger partial charge is 0.497 e. The maximum absolute atomic E-state index is 13.8. The van der Waals surface area contributed by atoms with Crippen LogP contribution in [0.5, 0.6) is 17.2 Å². The molecule has 1 aliphatic heterocycles. The lowest BCUT2D eigenvalue weighted by Crippen LogP contribution is -2.47. The number of urea groups is 1. The van der Waals surface area contributed by atoms with Gasteiger partial charge in [0.1, 0.15) is 12.3 Å². The summed E-state index contributed by atoms with van der Waals surface area (Å²) in [5.41, 5.74) is 1.65. The first-order chi connectivity index (χ1) is 19.9. The molecule has 1 fully saturated rings. The van der Waals surface area contributed by atoms with Crippen molar-refractivity contribution in [3.05, 3.63) is 69.9 Å². The molecule has 0 aliphatic carbocycles. The van der Waals surface area contributed by atoms with Gasteiger partial charge in [0.2, 0.25) is 5.91 Å². The molecule has 0 bridgehead atoms. The number of amides is 3. The summed E-state index contributed by atoms with van der Waals surface area (Å²) in [5.74, 6) is 1.88. The van der Waals surface area contributed by atoms with Crippen molar-refractivity contribution < 1.29 is 28.5 Å². The molecule has 1 saturated heterocycles. The van der Waals surface area contributed by atoms with Crippen molar-refractivity contribution in [1.82, 2.24) is 9.80 Å². The van der Waals surface area contributed by atoms with Crippen LogP contribution in [0.1, 0.15) is 28.2 Å². The molecule has 10 heteroatoms. The lowest BCUT2D eigenvalue weighted by molar-refractivity contribution is -0.132. The van der Waals surface area contributed by atoms with E-state index in [0.29, 0.717) is 55.6 Å². The van der Waals surface area contributed by atoms with E-state index in [1.54, 1.807) is 61.8 Å². The Bertz CT molecular complexity index is 1290. The fourth-order valence-electron chi connectivity index (χ4n) is 4.74. The molecule has 3 amide bonds. The number of hydrogen-bond donors (Lipinski definition) is 1. The quantitative estimate of drug-likeness (QED) is 0.292. The van der Waals surface area contributed by atoms with E-state index in [-0.39, 0.29) is 24.6 Å². The van der Waals surface area contributed by atoms with Crippen molar-refractivity contribution in [2.24, 2.45) is 0 Å². The molecule has 1 aliphatic rings. The third-order valence-electron chi connectivity index (χ3n) is 7.02. The molecule has 0 saturated carbocycles. The first-order valence-electron chi connectivity index (χ1n) is 13.7. The van der Waals surface area contributed by atoms with Crippen molar-refractivity contribution in [2.75, 3.05) is 52.9 Å². The van der Waals surface area contributed by atoms with E-state index in [0.717, 1.165) is 23.3 Å². The van der Waals surface area contributed by atoms with Crippen LogP contribution in [0.15, 0.2) is 54.6 Å². The molecule has 4 rings (SSSR count). The number of thiophene rings is 1. The van der Waals surface area contributed by atoms with E-state index in [4.69, 9.17) is 18.9 Å². The predicted molar refractivity (Wildman–Crippen MR) is 160 cm³/mol. The number of nitrogens with zero attached hydrogens (tertiary/aromatic N) is 2. The van der Waals surface area contributed by atoms with Crippen molar-refractivity contribution in [2.45, 2.75) is 38.8 Å². The van der Waals surface area contributed by atoms with Crippen molar-refractivity contribution in [3.63, 3.8) is 0 Å². The van der Waals surface area contributed by atoms with Gasteiger partial charge >= 0.3 is 6.03 Å².